The van der Waals surface area contributed by atoms with Gasteiger partial charge < -0.3 is 10.4 Å². The van der Waals surface area contributed by atoms with E-state index in [4.69, 9.17) is 4.99 Å². The highest BCUT2D eigenvalue weighted by molar-refractivity contribution is 6.27. The zero-order valence-electron chi connectivity index (χ0n) is 22.5. The van der Waals surface area contributed by atoms with E-state index >= 15 is 0 Å². The number of carbonyl (C=O) groups is 1. The van der Waals surface area contributed by atoms with E-state index in [0.717, 1.165) is 98.1 Å². The number of hydrogen-bond acceptors (Lipinski definition) is 4. The molecule has 2 aromatic carbocycles. The van der Waals surface area contributed by atoms with Gasteiger partial charge in [-0.15, -0.1) is 0 Å². The summed E-state index contributed by atoms with van der Waals surface area (Å²) in [4.78, 5) is 19.2. The Morgan fingerprint density at radius 1 is 0.763 bits per heavy atom. The second-order valence-electron chi connectivity index (χ2n) is 12.2. The van der Waals surface area contributed by atoms with Gasteiger partial charge in [-0.05, 0) is 86.8 Å². The molecule has 2 unspecified atom stereocenters. The summed E-state index contributed by atoms with van der Waals surface area (Å²) in [6.07, 6.45) is 10.3. The Balaban J connectivity index is 1.38. The van der Waals surface area contributed by atoms with E-state index in [1.165, 1.54) is 11.1 Å². The lowest BCUT2D eigenvalue weighted by atomic mass is 9.67. The lowest BCUT2D eigenvalue weighted by molar-refractivity contribution is -0.113. The number of carbonyl (C=O) groups excluding carboxylic acids is 1. The van der Waals surface area contributed by atoms with Crippen LogP contribution in [0.4, 0.5) is 11.4 Å². The zero-order chi connectivity index (χ0) is 26.1. The summed E-state index contributed by atoms with van der Waals surface area (Å²) in [5, 5.41) is 15.4. The van der Waals surface area contributed by atoms with Crippen molar-refractivity contribution in [1.82, 2.24) is 0 Å². The van der Waals surface area contributed by atoms with Gasteiger partial charge in [0.15, 0.2) is 0 Å². The van der Waals surface area contributed by atoms with Gasteiger partial charge in [0.05, 0.1) is 22.5 Å². The third kappa shape index (κ3) is 3.22. The minimum Gasteiger partial charge on any atom is -0.506 e. The Hall–Kier alpha value is -3.40. The smallest absolute Gasteiger partial charge is 0.201 e. The van der Waals surface area contributed by atoms with Crippen molar-refractivity contribution >= 4 is 22.9 Å². The van der Waals surface area contributed by atoms with Crippen LogP contribution in [0.15, 0.2) is 87.3 Å². The molecule has 194 valence electrons. The highest BCUT2D eigenvalue weighted by Crippen LogP contribution is 2.53. The molecule has 2 atom stereocenters. The number of hydrogen-bond donors (Lipinski definition) is 2. The van der Waals surface area contributed by atoms with Gasteiger partial charge in [-0.25, -0.2) is 0 Å². The maximum Gasteiger partial charge on any atom is 0.201 e. The molecule has 38 heavy (non-hydrogen) atoms. The fraction of sp³-hybridized carbons (Fsp3) is 0.412. The lowest BCUT2D eigenvalue weighted by Gasteiger charge is -2.36. The second-order valence-corrected chi connectivity index (χ2v) is 12.2. The molecular formula is C34H36N2O2. The van der Waals surface area contributed by atoms with Crippen LogP contribution in [0.2, 0.25) is 0 Å². The first-order chi connectivity index (χ1) is 18.4. The van der Waals surface area contributed by atoms with Crippen molar-refractivity contribution in [3.05, 3.63) is 93.4 Å². The molecule has 2 N–H and O–H groups in total. The first-order valence-corrected chi connectivity index (χ1v) is 14.4. The number of fused-ring (bicyclic) bond motifs is 6. The monoisotopic (exact) mass is 504 g/mol. The molecule has 5 aliphatic rings. The van der Waals surface area contributed by atoms with Crippen molar-refractivity contribution < 1.29 is 9.90 Å². The third-order valence-corrected chi connectivity index (χ3v) is 9.91. The number of ketones is 1. The number of rotatable bonds is 1. The van der Waals surface area contributed by atoms with E-state index in [0.29, 0.717) is 11.1 Å². The summed E-state index contributed by atoms with van der Waals surface area (Å²) in [6.45, 7) is 4.58. The number of Topliss-reactive ketones (excluding diaryl/α,β-unsaturated/α-hetero) is 1. The summed E-state index contributed by atoms with van der Waals surface area (Å²) in [6, 6.07) is 16.9. The Labute approximate surface area is 225 Å². The summed E-state index contributed by atoms with van der Waals surface area (Å²) >= 11 is 0. The van der Waals surface area contributed by atoms with Crippen LogP contribution in [0.5, 0.6) is 0 Å². The number of nitrogens with zero attached hydrogens (tertiary/aromatic N) is 1. The molecule has 2 heterocycles. The van der Waals surface area contributed by atoms with Gasteiger partial charge in [-0.1, -0.05) is 62.1 Å². The van der Waals surface area contributed by atoms with Gasteiger partial charge in [0.25, 0.3) is 0 Å². The lowest BCUT2D eigenvalue weighted by Crippen LogP contribution is -2.36. The number of aliphatic imine (C=N–C) groups is 1. The molecule has 4 nitrogen and oxygen atoms in total. The topological polar surface area (TPSA) is 61.7 Å². The molecular weight excluding hydrogens is 468 g/mol. The van der Waals surface area contributed by atoms with E-state index in [9.17, 15) is 9.90 Å². The number of allylic oxidation sites excluding steroid dienone is 5. The Bertz CT molecular complexity index is 1510. The summed E-state index contributed by atoms with van der Waals surface area (Å²) in [7, 11) is 0. The van der Waals surface area contributed by atoms with Crippen LogP contribution in [-0.2, 0) is 15.6 Å². The Morgan fingerprint density at radius 2 is 1.42 bits per heavy atom. The molecule has 0 saturated heterocycles. The maximum absolute atomic E-state index is 14.1. The highest BCUT2D eigenvalue weighted by Gasteiger charge is 2.48. The van der Waals surface area contributed by atoms with E-state index in [1.807, 2.05) is 6.07 Å². The van der Waals surface area contributed by atoms with Gasteiger partial charge in [-0.3, -0.25) is 9.79 Å². The fourth-order valence-electron chi connectivity index (χ4n) is 7.82. The molecule has 0 aromatic heterocycles. The molecule has 0 amide bonds. The molecule has 2 aliphatic heterocycles. The maximum atomic E-state index is 14.1. The van der Waals surface area contributed by atoms with Crippen LogP contribution in [-0.4, -0.2) is 16.6 Å². The quantitative estimate of drug-likeness (QED) is 0.384. The SMILES string of the molecule is CC12CCCCCC(=C3C(=O)C(C4=C5Nc6ccccc6C5(C)CCCCC4)=C3O)C1=Nc1ccccc12. The van der Waals surface area contributed by atoms with Gasteiger partial charge in [0.2, 0.25) is 5.78 Å². The van der Waals surface area contributed by atoms with E-state index in [2.05, 4.69) is 61.6 Å². The van der Waals surface area contributed by atoms with Gasteiger partial charge >= 0.3 is 0 Å². The molecule has 4 heteroatoms. The summed E-state index contributed by atoms with van der Waals surface area (Å²) in [5.41, 5.74) is 9.46. The van der Waals surface area contributed by atoms with Crippen LogP contribution >= 0.6 is 0 Å². The standard InChI is InChI=1S/C34H36N2O2/c1-33-19-11-3-5-13-21(31(33)35-25-17-9-7-15-23(25)33)27-29(37)28(30(27)38)22-14-6-4-12-20-34(2)24-16-8-10-18-26(24)36-32(22)34/h7-10,15-18,35,37H,3-6,11-14,19-20H2,1-2H3. The second kappa shape index (κ2) is 8.56. The van der Waals surface area contributed by atoms with Crippen LogP contribution in [0.3, 0.4) is 0 Å². The van der Waals surface area contributed by atoms with E-state index < -0.39 is 0 Å². The molecule has 0 bridgehead atoms. The molecule has 3 aliphatic carbocycles. The normalized spacial score (nSPS) is 30.6. The van der Waals surface area contributed by atoms with Crippen molar-refractivity contribution in [2.45, 2.75) is 88.9 Å². The number of nitrogens with one attached hydrogen (secondary N) is 1. The summed E-state index contributed by atoms with van der Waals surface area (Å²) in [5.74, 6) is 0.192. The minimum absolute atomic E-state index is 0.00209. The van der Waals surface area contributed by atoms with E-state index in [1.54, 1.807) is 0 Å². The van der Waals surface area contributed by atoms with Crippen molar-refractivity contribution in [3.63, 3.8) is 0 Å². The number of anilines is 1. The largest absolute Gasteiger partial charge is 0.506 e. The van der Waals surface area contributed by atoms with Crippen molar-refractivity contribution in [2.75, 3.05) is 5.32 Å². The average Bonchev–Trinajstić information content (AvgIpc) is 3.36. The molecule has 2 aromatic rings. The van der Waals surface area contributed by atoms with Gasteiger partial charge in [-0.2, -0.15) is 0 Å². The van der Waals surface area contributed by atoms with Crippen LogP contribution in [0, 0.1) is 0 Å². The predicted molar refractivity (Wildman–Crippen MR) is 153 cm³/mol. The molecule has 0 radical (unpaired) electrons. The number of aliphatic hydroxyl groups is 1. The fourth-order valence-corrected chi connectivity index (χ4v) is 7.82. The van der Waals surface area contributed by atoms with Crippen LogP contribution in [0.1, 0.15) is 89.2 Å². The first-order valence-electron chi connectivity index (χ1n) is 14.4. The van der Waals surface area contributed by atoms with Crippen molar-refractivity contribution in [1.29, 1.82) is 0 Å². The van der Waals surface area contributed by atoms with E-state index in [-0.39, 0.29) is 22.4 Å². The Morgan fingerprint density at radius 3 is 2.18 bits per heavy atom. The minimum atomic E-state index is -0.217. The predicted octanol–water partition coefficient (Wildman–Crippen LogP) is 8.29. The molecule has 1 saturated carbocycles. The first kappa shape index (κ1) is 23.7. The molecule has 7 rings (SSSR count). The number of aliphatic hydroxyl groups excluding tert-OH is 1. The van der Waals surface area contributed by atoms with Crippen LogP contribution < -0.4 is 5.32 Å². The third-order valence-electron chi connectivity index (χ3n) is 9.91. The highest BCUT2D eigenvalue weighted by atomic mass is 16.3. The van der Waals surface area contributed by atoms with Gasteiger partial charge in [0.1, 0.15) is 5.76 Å². The molecule has 0 spiro atoms. The Kier molecular flexibility index (Phi) is 5.34. The number of benzene rings is 2. The number of para-hydroxylation sites is 2. The van der Waals surface area contributed by atoms with Gasteiger partial charge in [0, 0.05) is 22.2 Å². The summed E-state index contributed by atoms with van der Waals surface area (Å²) < 4.78 is 0. The van der Waals surface area contributed by atoms with Crippen molar-refractivity contribution in [3.8, 4) is 0 Å². The zero-order valence-corrected chi connectivity index (χ0v) is 22.5. The molecule has 1 fully saturated rings. The average molecular weight is 505 g/mol. The van der Waals surface area contributed by atoms with Crippen LogP contribution in [0.25, 0.3) is 0 Å². The van der Waals surface area contributed by atoms with Crippen molar-refractivity contribution in [2.24, 2.45) is 4.99 Å².